The number of benzene rings is 1. The number of fused-ring (bicyclic) bond motifs is 1. The van der Waals surface area contributed by atoms with Crippen LogP contribution in [-0.2, 0) is 6.42 Å². The highest BCUT2D eigenvalue weighted by atomic mass is 79.9. The van der Waals surface area contributed by atoms with Crippen molar-refractivity contribution in [1.82, 2.24) is 5.32 Å². The SMILES string of the molecule is C=C(Br)CNC1CCc2cc(N)ccc21. The van der Waals surface area contributed by atoms with E-state index in [4.69, 9.17) is 5.73 Å². The number of nitrogens with one attached hydrogen (secondary N) is 1. The Morgan fingerprint density at radius 2 is 2.40 bits per heavy atom. The Morgan fingerprint density at radius 1 is 1.60 bits per heavy atom. The fourth-order valence-electron chi connectivity index (χ4n) is 2.08. The van der Waals surface area contributed by atoms with Gasteiger partial charge in [-0.25, -0.2) is 0 Å². The predicted molar refractivity (Wildman–Crippen MR) is 68.0 cm³/mol. The molecule has 0 aromatic heterocycles. The van der Waals surface area contributed by atoms with Gasteiger partial charge in [0.15, 0.2) is 0 Å². The smallest absolute Gasteiger partial charge is 0.0329 e. The quantitative estimate of drug-likeness (QED) is 0.826. The molecule has 0 fully saturated rings. The minimum absolute atomic E-state index is 0.454. The van der Waals surface area contributed by atoms with E-state index < -0.39 is 0 Å². The first kappa shape index (κ1) is 10.7. The minimum atomic E-state index is 0.454. The van der Waals surface area contributed by atoms with E-state index in [1.165, 1.54) is 11.1 Å². The van der Waals surface area contributed by atoms with Crippen LogP contribution in [0.15, 0.2) is 29.3 Å². The molecular formula is C12H15BrN2. The number of aryl methyl sites for hydroxylation is 1. The molecule has 15 heavy (non-hydrogen) atoms. The van der Waals surface area contributed by atoms with Crippen LogP contribution < -0.4 is 11.1 Å². The van der Waals surface area contributed by atoms with Gasteiger partial charge >= 0.3 is 0 Å². The average molecular weight is 267 g/mol. The summed E-state index contributed by atoms with van der Waals surface area (Å²) >= 11 is 3.36. The zero-order chi connectivity index (χ0) is 10.8. The van der Waals surface area contributed by atoms with E-state index >= 15 is 0 Å². The lowest BCUT2D eigenvalue weighted by Gasteiger charge is -2.13. The van der Waals surface area contributed by atoms with E-state index in [0.717, 1.165) is 29.6 Å². The molecule has 80 valence electrons. The summed E-state index contributed by atoms with van der Waals surface area (Å²) in [6.45, 7) is 4.63. The lowest BCUT2D eigenvalue weighted by atomic mass is 10.1. The van der Waals surface area contributed by atoms with E-state index in [1.54, 1.807) is 0 Å². The highest BCUT2D eigenvalue weighted by Gasteiger charge is 2.21. The van der Waals surface area contributed by atoms with Crippen molar-refractivity contribution in [2.75, 3.05) is 12.3 Å². The standard InChI is InChI=1S/C12H15BrN2/c1-8(13)7-15-12-5-2-9-6-10(14)3-4-11(9)12/h3-4,6,12,15H,1-2,5,7,14H2. The van der Waals surface area contributed by atoms with Crippen LogP contribution in [0.3, 0.4) is 0 Å². The van der Waals surface area contributed by atoms with Crippen molar-refractivity contribution in [1.29, 1.82) is 0 Å². The van der Waals surface area contributed by atoms with E-state index in [0.29, 0.717) is 6.04 Å². The molecule has 2 nitrogen and oxygen atoms in total. The fourth-order valence-corrected chi connectivity index (χ4v) is 2.25. The van der Waals surface area contributed by atoms with Crippen LogP contribution in [-0.4, -0.2) is 6.54 Å². The van der Waals surface area contributed by atoms with Crippen LogP contribution in [0.5, 0.6) is 0 Å². The van der Waals surface area contributed by atoms with Crippen molar-refractivity contribution in [2.24, 2.45) is 0 Å². The summed E-state index contributed by atoms with van der Waals surface area (Å²) in [6.07, 6.45) is 2.27. The molecule has 2 rings (SSSR count). The molecule has 0 amide bonds. The fraction of sp³-hybridized carbons (Fsp3) is 0.333. The molecule has 1 aromatic rings. The number of hydrogen-bond donors (Lipinski definition) is 2. The Hall–Kier alpha value is -0.800. The van der Waals surface area contributed by atoms with Crippen LogP contribution in [0.4, 0.5) is 5.69 Å². The van der Waals surface area contributed by atoms with Gasteiger partial charge in [0.05, 0.1) is 0 Å². The summed E-state index contributed by atoms with van der Waals surface area (Å²) < 4.78 is 0.992. The number of rotatable bonds is 3. The normalized spacial score (nSPS) is 18.9. The first-order valence-electron chi connectivity index (χ1n) is 5.12. The van der Waals surface area contributed by atoms with Crippen molar-refractivity contribution < 1.29 is 0 Å². The lowest BCUT2D eigenvalue weighted by Crippen LogP contribution is -2.20. The van der Waals surface area contributed by atoms with Gasteiger partial charge in [0, 0.05) is 22.8 Å². The van der Waals surface area contributed by atoms with Gasteiger partial charge in [-0.05, 0) is 36.1 Å². The highest BCUT2D eigenvalue weighted by molar-refractivity contribution is 9.11. The monoisotopic (exact) mass is 266 g/mol. The maximum atomic E-state index is 5.76. The third-order valence-corrected chi connectivity index (χ3v) is 3.07. The molecule has 0 radical (unpaired) electrons. The molecule has 1 aliphatic carbocycles. The average Bonchev–Trinajstić information content (AvgIpc) is 2.57. The third kappa shape index (κ3) is 2.41. The number of nitrogens with two attached hydrogens (primary N) is 1. The van der Waals surface area contributed by atoms with Gasteiger partial charge in [-0.1, -0.05) is 28.6 Å². The topological polar surface area (TPSA) is 38.0 Å². The van der Waals surface area contributed by atoms with Crippen molar-refractivity contribution >= 4 is 21.6 Å². The van der Waals surface area contributed by atoms with E-state index in [9.17, 15) is 0 Å². The summed E-state index contributed by atoms with van der Waals surface area (Å²) in [5.41, 5.74) is 9.39. The lowest BCUT2D eigenvalue weighted by molar-refractivity contribution is 0.563. The van der Waals surface area contributed by atoms with E-state index in [-0.39, 0.29) is 0 Å². The van der Waals surface area contributed by atoms with Gasteiger partial charge in [-0.3, -0.25) is 0 Å². The summed E-state index contributed by atoms with van der Waals surface area (Å²) in [5.74, 6) is 0. The molecule has 0 aliphatic heterocycles. The van der Waals surface area contributed by atoms with Gasteiger partial charge in [-0.15, -0.1) is 0 Å². The Balaban J connectivity index is 2.11. The maximum absolute atomic E-state index is 5.76. The van der Waals surface area contributed by atoms with Gasteiger partial charge in [-0.2, -0.15) is 0 Å². The Labute approximate surface area is 98.7 Å². The zero-order valence-electron chi connectivity index (χ0n) is 8.59. The first-order chi connectivity index (χ1) is 7.16. The number of hydrogen-bond acceptors (Lipinski definition) is 2. The largest absolute Gasteiger partial charge is 0.399 e. The van der Waals surface area contributed by atoms with Gasteiger partial charge in [0.1, 0.15) is 0 Å². The molecular weight excluding hydrogens is 252 g/mol. The summed E-state index contributed by atoms with van der Waals surface area (Å²) in [6, 6.07) is 6.64. The number of nitrogen functional groups attached to an aromatic ring is 1. The van der Waals surface area contributed by atoms with E-state index in [2.05, 4.69) is 40.0 Å². The van der Waals surface area contributed by atoms with Crippen molar-refractivity contribution in [3.05, 3.63) is 40.4 Å². The van der Waals surface area contributed by atoms with Crippen LogP contribution >= 0.6 is 15.9 Å². The van der Waals surface area contributed by atoms with Crippen molar-refractivity contribution in [2.45, 2.75) is 18.9 Å². The highest BCUT2D eigenvalue weighted by Crippen LogP contribution is 2.32. The molecule has 0 spiro atoms. The molecule has 0 bridgehead atoms. The molecule has 1 aliphatic rings. The van der Waals surface area contributed by atoms with Gasteiger partial charge < -0.3 is 11.1 Å². The molecule has 0 heterocycles. The Kier molecular flexibility index (Phi) is 3.12. The first-order valence-corrected chi connectivity index (χ1v) is 5.91. The second-order valence-corrected chi connectivity index (χ2v) is 5.07. The molecule has 1 unspecified atom stereocenters. The zero-order valence-corrected chi connectivity index (χ0v) is 10.2. The molecule has 0 saturated carbocycles. The molecule has 3 heteroatoms. The number of anilines is 1. The van der Waals surface area contributed by atoms with Crippen LogP contribution in [0.25, 0.3) is 0 Å². The van der Waals surface area contributed by atoms with Gasteiger partial charge in [0.2, 0.25) is 0 Å². The molecule has 1 aromatic carbocycles. The van der Waals surface area contributed by atoms with E-state index in [1.807, 2.05) is 6.07 Å². The second-order valence-electron chi connectivity index (χ2n) is 3.95. The third-order valence-electron chi connectivity index (χ3n) is 2.79. The Morgan fingerprint density at radius 3 is 3.13 bits per heavy atom. The predicted octanol–water partition coefficient (Wildman–Crippen LogP) is 2.75. The maximum Gasteiger partial charge on any atom is 0.0329 e. The summed E-state index contributed by atoms with van der Waals surface area (Å²) in [4.78, 5) is 0. The molecule has 3 N–H and O–H groups in total. The van der Waals surface area contributed by atoms with Crippen molar-refractivity contribution in [3.63, 3.8) is 0 Å². The van der Waals surface area contributed by atoms with Gasteiger partial charge in [0.25, 0.3) is 0 Å². The molecule has 1 atom stereocenters. The van der Waals surface area contributed by atoms with Crippen molar-refractivity contribution in [3.8, 4) is 0 Å². The molecule has 0 saturated heterocycles. The summed E-state index contributed by atoms with van der Waals surface area (Å²) in [5, 5.41) is 3.47. The van der Waals surface area contributed by atoms with Crippen LogP contribution in [0, 0.1) is 0 Å². The second kappa shape index (κ2) is 4.37. The Bertz CT molecular complexity index is 387. The minimum Gasteiger partial charge on any atom is -0.399 e. The summed E-state index contributed by atoms with van der Waals surface area (Å²) in [7, 11) is 0. The van der Waals surface area contributed by atoms with Crippen LogP contribution in [0.1, 0.15) is 23.6 Å². The number of halogens is 1. The van der Waals surface area contributed by atoms with Crippen LogP contribution in [0.2, 0.25) is 0 Å².